The van der Waals surface area contributed by atoms with Crippen molar-refractivity contribution in [3.05, 3.63) is 45.4 Å². The second-order valence-electron chi connectivity index (χ2n) is 4.37. The molecule has 21 heavy (non-hydrogen) atoms. The molecule has 2 aromatic rings. The van der Waals surface area contributed by atoms with Crippen molar-refractivity contribution in [2.75, 3.05) is 11.9 Å². The van der Waals surface area contributed by atoms with Crippen LogP contribution < -0.4 is 5.32 Å². The number of para-hydroxylation sites is 1. The molecule has 0 spiro atoms. The van der Waals surface area contributed by atoms with E-state index in [4.69, 9.17) is 4.74 Å². The topological polar surface area (TPSA) is 68.3 Å². The quantitative estimate of drug-likeness (QED) is 0.881. The summed E-state index contributed by atoms with van der Waals surface area (Å²) in [7, 11) is 0. The van der Waals surface area contributed by atoms with Crippen molar-refractivity contribution < 1.29 is 14.3 Å². The van der Waals surface area contributed by atoms with Gasteiger partial charge in [0.25, 0.3) is 5.91 Å². The molecule has 1 amide bonds. The maximum atomic E-state index is 12.3. The first kappa shape index (κ1) is 15.2. The molecule has 5 nitrogen and oxygen atoms in total. The Balaban J connectivity index is 2.25. The van der Waals surface area contributed by atoms with Gasteiger partial charge in [-0.1, -0.05) is 12.1 Å². The molecule has 1 heterocycles. The first-order valence-corrected chi connectivity index (χ1v) is 7.36. The highest BCUT2D eigenvalue weighted by atomic mass is 32.1. The van der Waals surface area contributed by atoms with Gasteiger partial charge in [-0.3, -0.25) is 4.79 Å². The zero-order chi connectivity index (χ0) is 15.4. The van der Waals surface area contributed by atoms with Crippen LogP contribution in [0, 0.1) is 13.8 Å². The molecule has 1 N–H and O–H groups in total. The number of nitrogens with zero attached hydrogens (tertiary/aromatic N) is 1. The van der Waals surface area contributed by atoms with Crippen molar-refractivity contribution in [1.82, 2.24) is 4.98 Å². The number of anilines is 1. The minimum Gasteiger partial charge on any atom is -0.462 e. The van der Waals surface area contributed by atoms with E-state index in [0.717, 1.165) is 5.01 Å². The maximum absolute atomic E-state index is 12.3. The predicted molar refractivity (Wildman–Crippen MR) is 81.9 cm³/mol. The number of amides is 1. The Labute approximate surface area is 127 Å². The van der Waals surface area contributed by atoms with Crippen LogP contribution in [0.5, 0.6) is 0 Å². The average Bonchev–Trinajstić information content (AvgIpc) is 2.78. The summed E-state index contributed by atoms with van der Waals surface area (Å²) >= 11 is 1.33. The van der Waals surface area contributed by atoms with Crippen LogP contribution in [-0.4, -0.2) is 23.5 Å². The lowest BCUT2D eigenvalue weighted by molar-refractivity contribution is 0.0527. The normalized spacial score (nSPS) is 10.2. The monoisotopic (exact) mass is 304 g/mol. The van der Waals surface area contributed by atoms with Gasteiger partial charge in [0.15, 0.2) is 0 Å². The Morgan fingerprint density at radius 3 is 2.62 bits per heavy atom. The second kappa shape index (κ2) is 6.49. The van der Waals surface area contributed by atoms with Gasteiger partial charge in [-0.2, -0.15) is 0 Å². The van der Waals surface area contributed by atoms with Crippen LogP contribution >= 0.6 is 11.3 Å². The lowest BCUT2D eigenvalue weighted by atomic mass is 10.1. The summed E-state index contributed by atoms with van der Waals surface area (Å²) in [6, 6.07) is 6.78. The highest BCUT2D eigenvalue weighted by molar-refractivity contribution is 7.13. The van der Waals surface area contributed by atoms with Crippen molar-refractivity contribution in [2.45, 2.75) is 20.8 Å². The zero-order valence-corrected chi connectivity index (χ0v) is 12.9. The molecule has 1 aromatic heterocycles. The van der Waals surface area contributed by atoms with Crippen molar-refractivity contribution in [3.63, 3.8) is 0 Å². The van der Waals surface area contributed by atoms with Gasteiger partial charge in [0, 0.05) is 0 Å². The van der Waals surface area contributed by atoms with Crippen LogP contribution in [0.4, 0.5) is 5.69 Å². The van der Waals surface area contributed by atoms with Gasteiger partial charge in [-0.15, -0.1) is 11.3 Å². The van der Waals surface area contributed by atoms with Crippen molar-refractivity contribution in [3.8, 4) is 0 Å². The van der Waals surface area contributed by atoms with Crippen molar-refractivity contribution >= 4 is 28.9 Å². The summed E-state index contributed by atoms with van der Waals surface area (Å²) in [4.78, 5) is 28.9. The Kier molecular flexibility index (Phi) is 4.70. The smallest absolute Gasteiger partial charge is 0.340 e. The number of rotatable bonds is 4. The number of aryl methyl sites for hydroxylation is 2. The Bertz CT molecular complexity index is 679. The number of hydrogen-bond donors (Lipinski definition) is 1. The second-order valence-corrected chi connectivity index (χ2v) is 5.57. The third-order valence-electron chi connectivity index (χ3n) is 2.78. The van der Waals surface area contributed by atoms with Gasteiger partial charge in [-0.25, -0.2) is 9.78 Å². The molecule has 0 radical (unpaired) electrons. The molecule has 0 saturated carbocycles. The lowest BCUT2D eigenvalue weighted by Crippen LogP contribution is -2.15. The minimum atomic E-state index is -0.453. The number of benzene rings is 1. The molecule has 0 saturated heterocycles. The number of hydrogen-bond acceptors (Lipinski definition) is 5. The third-order valence-corrected chi connectivity index (χ3v) is 3.85. The molecule has 0 bridgehead atoms. The van der Waals surface area contributed by atoms with Gasteiger partial charge in [0.05, 0.1) is 28.6 Å². The van der Waals surface area contributed by atoms with Crippen LogP contribution in [0.3, 0.4) is 0 Å². The molecule has 0 fully saturated rings. The van der Waals surface area contributed by atoms with E-state index in [0.29, 0.717) is 21.8 Å². The van der Waals surface area contributed by atoms with Crippen LogP contribution in [0.2, 0.25) is 0 Å². The first-order chi connectivity index (χ1) is 10.0. The van der Waals surface area contributed by atoms with Gasteiger partial charge in [0.2, 0.25) is 0 Å². The largest absolute Gasteiger partial charge is 0.462 e. The Morgan fingerprint density at radius 1 is 1.29 bits per heavy atom. The SMILES string of the molecule is CCOC(=O)c1ccccc1NC(=O)c1sc(C)nc1C. The number of carbonyl (C=O) groups excluding carboxylic acids is 2. The Morgan fingerprint density at radius 2 is 2.00 bits per heavy atom. The summed E-state index contributed by atoms with van der Waals surface area (Å²) in [5, 5.41) is 3.58. The summed E-state index contributed by atoms with van der Waals surface area (Å²) < 4.78 is 4.98. The van der Waals surface area contributed by atoms with Crippen LogP contribution in [0.15, 0.2) is 24.3 Å². The van der Waals surface area contributed by atoms with Crippen molar-refractivity contribution in [2.24, 2.45) is 0 Å². The molecular formula is C15H16N2O3S. The van der Waals surface area contributed by atoms with Gasteiger partial charge in [0.1, 0.15) is 4.88 Å². The molecule has 110 valence electrons. The van der Waals surface area contributed by atoms with Crippen LogP contribution in [-0.2, 0) is 4.74 Å². The predicted octanol–water partition coefficient (Wildman–Crippen LogP) is 3.19. The fourth-order valence-corrected chi connectivity index (χ4v) is 2.72. The highest BCUT2D eigenvalue weighted by Gasteiger charge is 2.17. The molecule has 0 aliphatic carbocycles. The summed E-state index contributed by atoms with van der Waals surface area (Å²) in [5.74, 6) is -0.722. The summed E-state index contributed by atoms with van der Waals surface area (Å²) in [6.07, 6.45) is 0. The standard InChI is InChI=1S/C15H16N2O3S/c1-4-20-15(19)11-7-5-6-8-12(11)17-14(18)13-9(2)16-10(3)21-13/h5-8H,4H2,1-3H3,(H,17,18). The molecular weight excluding hydrogens is 288 g/mol. The van der Waals surface area contributed by atoms with E-state index < -0.39 is 5.97 Å². The maximum Gasteiger partial charge on any atom is 0.340 e. The molecule has 0 aliphatic rings. The fraction of sp³-hybridized carbons (Fsp3) is 0.267. The van der Waals surface area contributed by atoms with Crippen LogP contribution in [0.25, 0.3) is 0 Å². The number of aromatic nitrogens is 1. The number of nitrogens with one attached hydrogen (secondary N) is 1. The number of ether oxygens (including phenoxy) is 1. The van der Waals surface area contributed by atoms with E-state index in [1.807, 2.05) is 6.92 Å². The van der Waals surface area contributed by atoms with E-state index in [2.05, 4.69) is 10.3 Å². The molecule has 0 atom stereocenters. The summed E-state index contributed by atoms with van der Waals surface area (Å²) in [6.45, 7) is 5.66. The van der Waals surface area contributed by atoms with Gasteiger partial charge < -0.3 is 10.1 Å². The molecule has 0 aliphatic heterocycles. The summed E-state index contributed by atoms with van der Waals surface area (Å²) in [5.41, 5.74) is 1.46. The lowest BCUT2D eigenvalue weighted by Gasteiger charge is -2.09. The van der Waals surface area contributed by atoms with E-state index in [1.54, 1.807) is 38.1 Å². The van der Waals surface area contributed by atoms with Crippen molar-refractivity contribution in [1.29, 1.82) is 0 Å². The van der Waals surface area contributed by atoms with E-state index in [1.165, 1.54) is 11.3 Å². The van der Waals surface area contributed by atoms with Gasteiger partial charge >= 0.3 is 5.97 Å². The first-order valence-electron chi connectivity index (χ1n) is 6.54. The Hall–Kier alpha value is -2.21. The fourth-order valence-electron chi connectivity index (χ4n) is 1.90. The molecule has 1 aromatic carbocycles. The minimum absolute atomic E-state index is 0.269. The highest BCUT2D eigenvalue weighted by Crippen LogP contribution is 2.21. The van der Waals surface area contributed by atoms with E-state index in [9.17, 15) is 9.59 Å². The number of esters is 1. The molecule has 0 unspecified atom stereocenters. The molecule has 2 rings (SSSR count). The van der Waals surface area contributed by atoms with Crippen LogP contribution in [0.1, 0.15) is 37.7 Å². The zero-order valence-electron chi connectivity index (χ0n) is 12.1. The van der Waals surface area contributed by atoms with E-state index >= 15 is 0 Å². The number of thiazole rings is 1. The third kappa shape index (κ3) is 3.46. The van der Waals surface area contributed by atoms with E-state index in [-0.39, 0.29) is 12.5 Å². The molecule has 6 heteroatoms. The number of carbonyl (C=O) groups is 2. The average molecular weight is 304 g/mol. The van der Waals surface area contributed by atoms with Gasteiger partial charge in [-0.05, 0) is 32.9 Å².